The van der Waals surface area contributed by atoms with E-state index < -0.39 is 0 Å². The molecule has 0 aliphatic rings. The van der Waals surface area contributed by atoms with Crippen molar-refractivity contribution >= 4 is 5.82 Å². The van der Waals surface area contributed by atoms with Crippen molar-refractivity contribution in [2.45, 2.75) is 6.42 Å². The van der Waals surface area contributed by atoms with E-state index in [2.05, 4.69) is 9.68 Å². The van der Waals surface area contributed by atoms with Crippen LogP contribution in [0.25, 0.3) is 0 Å². The highest BCUT2D eigenvalue weighted by atomic mass is 16.5. The highest BCUT2D eigenvalue weighted by molar-refractivity contribution is 5.33. The van der Waals surface area contributed by atoms with Crippen molar-refractivity contribution in [3.05, 3.63) is 16.5 Å². The van der Waals surface area contributed by atoms with Gasteiger partial charge in [0, 0.05) is 13.6 Å². The van der Waals surface area contributed by atoms with Gasteiger partial charge in [0.2, 0.25) is 0 Å². The molecule has 1 rings (SSSR count). The topological polar surface area (TPSA) is 75.3 Å². The van der Waals surface area contributed by atoms with Gasteiger partial charge in [0.25, 0.3) is 0 Å². The van der Waals surface area contributed by atoms with Crippen molar-refractivity contribution in [3.63, 3.8) is 0 Å². The molecule has 68 valence electrons. The van der Waals surface area contributed by atoms with Gasteiger partial charge in [-0.1, -0.05) is 0 Å². The average Bonchev–Trinajstić information content (AvgIpc) is 2.47. The van der Waals surface area contributed by atoms with Gasteiger partial charge in [0.1, 0.15) is 5.82 Å². The molecule has 12 heavy (non-hydrogen) atoms. The first-order chi connectivity index (χ1) is 5.74. The predicted octanol–water partition coefficient (Wildman–Crippen LogP) is -0.247. The zero-order valence-corrected chi connectivity index (χ0v) is 7.04. The Morgan fingerprint density at radius 2 is 2.50 bits per heavy atom. The van der Waals surface area contributed by atoms with E-state index in [0.717, 1.165) is 13.0 Å². The Morgan fingerprint density at radius 3 is 3.00 bits per heavy atom. The number of hydrogen-bond acceptors (Lipinski definition) is 4. The number of aromatic amines is 1. The standard InChI is InChI=1S/C7H13N3O2/c1-10(4-2-3-8)6-5-7(11)12-9-6/h5,9H,2-4,8H2,1H3. The Labute approximate surface area is 70.1 Å². The Kier molecular flexibility index (Phi) is 2.93. The second-order valence-corrected chi connectivity index (χ2v) is 2.62. The second kappa shape index (κ2) is 3.96. The summed E-state index contributed by atoms with van der Waals surface area (Å²) in [4.78, 5) is 12.5. The molecule has 0 spiro atoms. The van der Waals surface area contributed by atoms with Crippen molar-refractivity contribution in [2.24, 2.45) is 5.73 Å². The highest BCUT2D eigenvalue weighted by Crippen LogP contribution is 2.03. The molecular formula is C7H13N3O2. The van der Waals surface area contributed by atoms with Gasteiger partial charge in [0.15, 0.2) is 0 Å². The number of rotatable bonds is 4. The molecule has 1 aromatic heterocycles. The molecular weight excluding hydrogens is 158 g/mol. The van der Waals surface area contributed by atoms with Gasteiger partial charge in [-0.3, -0.25) is 0 Å². The summed E-state index contributed by atoms with van der Waals surface area (Å²) in [6.45, 7) is 1.46. The molecule has 0 aliphatic carbocycles. The molecule has 0 atom stereocenters. The van der Waals surface area contributed by atoms with E-state index in [9.17, 15) is 4.79 Å². The quantitative estimate of drug-likeness (QED) is 0.655. The molecule has 0 aliphatic heterocycles. The van der Waals surface area contributed by atoms with Crippen molar-refractivity contribution < 1.29 is 4.52 Å². The van der Waals surface area contributed by atoms with E-state index in [1.807, 2.05) is 11.9 Å². The van der Waals surface area contributed by atoms with Crippen LogP contribution >= 0.6 is 0 Å². The molecule has 0 amide bonds. The summed E-state index contributed by atoms with van der Waals surface area (Å²) in [5.74, 6) is 0.688. The fourth-order valence-corrected chi connectivity index (χ4v) is 0.910. The maximum absolute atomic E-state index is 10.6. The molecule has 0 saturated heterocycles. The van der Waals surface area contributed by atoms with Gasteiger partial charge < -0.3 is 15.2 Å². The van der Waals surface area contributed by atoms with Crippen LogP contribution in [0.3, 0.4) is 0 Å². The lowest BCUT2D eigenvalue weighted by Crippen LogP contribution is -2.21. The van der Waals surface area contributed by atoms with Gasteiger partial charge in [0.05, 0.1) is 6.07 Å². The van der Waals surface area contributed by atoms with Gasteiger partial charge in [-0.25, -0.2) is 9.95 Å². The normalized spacial score (nSPS) is 10.2. The fourth-order valence-electron chi connectivity index (χ4n) is 0.910. The summed E-state index contributed by atoms with van der Waals surface area (Å²) in [6.07, 6.45) is 0.893. The second-order valence-electron chi connectivity index (χ2n) is 2.62. The van der Waals surface area contributed by atoms with Crippen LogP contribution in [0, 0.1) is 0 Å². The summed E-state index contributed by atoms with van der Waals surface area (Å²) in [7, 11) is 1.87. The van der Waals surface area contributed by atoms with Crippen LogP contribution in [0.4, 0.5) is 5.82 Å². The lowest BCUT2D eigenvalue weighted by molar-refractivity contribution is 0.392. The maximum atomic E-state index is 10.6. The Balaban J connectivity index is 2.53. The molecule has 0 bridgehead atoms. The summed E-state index contributed by atoms with van der Waals surface area (Å²) in [5, 5.41) is 2.51. The Hall–Kier alpha value is -1.23. The monoisotopic (exact) mass is 171 g/mol. The third-order valence-electron chi connectivity index (χ3n) is 1.62. The molecule has 1 aromatic rings. The smallest absolute Gasteiger partial charge is 0.359 e. The summed E-state index contributed by atoms with van der Waals surface area (Å²) in [5.41, 5.74) is 4.98. The van der Waals surface area contributed by atoms with Crippen LogP contribution in [-0.2, 0) is 0 Å². The van der Waals surface area contributed by atoms with E-state index in [4.69, 9.17) is 5.73 Å². The van der Waals surface area contributed by atoms with Gasteiger partial charge in [-0.15, -0.1) is 0 Å². The van der Waals surface area contributed by atoms with Crippen LogP contribution in [0.5, 0.6) is 0 Å². The van der Waals surface area contributed by atoms with Crippen LogP contribution in [0.15, 0.2) is 15.4 Å². The molecule has 5 nitrogen and oxygen atoms in total. The largest absolute Gasteiger partial charge is 0.359 e. The SMILES string of the molecule is CN(CCCN)c1cc(=O)o[nH]1. The molecule has 0 unspecified atom stereocenters. The number of H-pyrrole nitrogens is 1. The molecule has 3 N–H and O–H groups in total. The van der Waals surface area contributed by atoms with E-state index >= 15 is 0 Å². The lowest BCUT2D eigenvalue weighted by atomic mass is 10.4. The zero-order chi connectivity index (χ0) is 8.97. The summed E-state index contributed by atoms with van der Waals surface area (Å²) >= 11 is 0. The third-order valence-corrected chi connectivity index (χ3v) is 1.62. The third kappa shape index (κ3) is 2.13. The van der Waals surface area contributed by atoms with Crippen LogP contribution in [0.2, 0.25) is 0 Å². The van der Waals surface area contributed by atoms with Gasteiger partial charge >= 0.3 is 5.63 Å². The molecule has 0 radical (unpaired) electrons. The minimum absolute atomic E-state index is 0.357. The van der Waals surface area contributed by atoms with Crippen LogP contribution < -0.4 is 16.3 Å². The van der Waals surface area contributed by atoms with Crippen molar-refractivity contribution in [1.29, 1.82) is 0 Å². The van der Waals surface area contributed by atoms with E-state index in [-0.39, 0.29) is 5.63 Å². The molecule has 0 saturated carbocycles. The lowest BCUT2D eigenvalue weighted by Gasteiger charge is -2.14. The molecule has 0 aromatic carbocycles. The molecule has 1 heterocycles. The van der Waals surface area contributed by atoms with E-state index in [1.54, 1.807) is 0 Å². The van der Waals surface area contributed by atoms with Crippen LogP contribution in [0.1, 0.15) is 6.42 Å². The number of aromatic nitrogens is 1. The van der Waals surface area contributed by atoms with E-state index in [1.165, 1.54) is 6.07 Å². The van der Waals surface area contributed by atoms with Gasteiger partial charge in [-0.05, 0) is 13.0 Å². The minimum atomic E-state index is -0.357. The number of hydrogen-bond donors (Lipinski definition) is 2. The summed E-state index contributed by atoms with van der Waals surface area (Å²) < 4.78 is 4.51. The van der Waals surface area contributed by atoms with Crippen molar-refractivity contribution in [3.8, 4) is 0 Å². The van der Waals surface area contributed by atoms with Crippen molar-refractivity contribution in [1.82, 2.24) is 5.16 Å². The summed E-state index contributed by atoms with van der Waals surface area (Å²) in [6, 6.07) is 1.41. The fraction of sp³-hybridized carbons (Fsp3) is 0.571. The van der Waals surface area contributed by atoms with Crippen LogP contribution in [-0.4, -0.2) is 25.3 Å². The average molecular weight is 171 g/mol. The number of anilines is 1. The first-order valence-electron chi connectivity index (χ1n) is 3.84. The number of nitrogens with zero attached hydrogens (tertiary/aromatic N) is 1. The number of nitrogens with two attached hydrogens (primary N) is 1. The van der Waals surface area contributed by atoms with Crippen molar-refractivity contribution in [2.75, 3.05) is 25.0 Å². The Bertz CT molecular complexity index is 278. The maximum Gasteiger partial charge on any atom is 0.359 e. The minimum Gasteiger partial charge on any atom is -0.359 e. The first kappa shape index (κ1) is 8.86. The molecule has 0 fully saturated rings. The van der Waals surface area contributed by atoms with E-state index in [0.29, 0.717) is 12.4 Å². The molecule has 5 heteroatoms. The number of nitrogens with one attached hydrogen (secondary N) is 1. The zero-order valence-electron chi connectivity index (χ0n) is 7.04. The first-order valence-corrected chi connectivity index (χ1v) is 3.84. The van der Waals surface area contributed by atoms with Gasteiger partial charge in [-0.2, -0.15) is 0 Å². The highest BCUT2D eigenvalue weighted by Gasteiger charge is 2.02. The Morgan fingerprint density at radius 1 is 1.75 bits per heavy atom. The predicted molar refractivity (Wildman–Crippen MR) is 46.3 cm³/mol.